The SMILES string of the molecule is C[C@@H]([C@H]([O-])c1ccccc1)N1CCCC1.[Li+]. The number of benzene rings is 1. The molecule has 1 fully saturated rings. The predicted octanol–water partition coefficient (Wildman–Crippen LogP) is -1.42. The normalized spacial score (nSPS) is 20.1. The molecule has 0 N–H and O–H groups in total. The number of rotatable bonds is 3. The number of hydrogen-bond acceptors (Lipinski definition) is 2. The Morgan fingerprint density at radius 3 is 2.25 bits per heavy atom. The molecule has 16 heavy (non-hydrogen) atoms. The monoisotopic (exact) mass is 211 g/mol. The van der Waals surface area contributed by atoms with Crippen LogP contribution >= 0.6 is 0 Å². The van der Waals surface area contributed by atoms with E-state index in [1.54, 1.807) is 0 Å². The van der Waals surface area contributed by atoms with Gasteiger partial charge in [-0.2, -0.15) is 0 Å². The Morgan fingerprint density at radius 1 is 1.12 bits per heavy atom. The van der Waals surface area contributed by atoms with Crippen molar-refractivity contribution < 1.29 is 24.0 Å². The van der Waals surface area contributed by atoms with Crippen molar-refractivity contribution in [2.24, 2.45) is 0 Å². The van der Waals surface area contributed by atoms with Gasteiger partial charge in [0, 0.05) is 0 Å². The number of hydrogen-bond donors (Lipinski definition) is 0. The van der Waals surface area contributed by atoms with Crippen LogP contribution in [0.3, 0.4) is 0 Å². The standard InChI is InChI=1S/C13H18NO.Li/c1-11(14-9-5-6-10-14)13(15)12-7-3-2-4-8-12;/h2-4,7-8,11,13H,5-6,9-10H2,1H3;/q-1;+1/t11-,13-;/m0./s1. The smallest absolute Gasteiger partial charge is 0.847 e. The summed E-state index contributed by atoms with van der Waals surface area (Å²) >= 11 is 0. The third kappa shape index (κ3) is 3.12. The van der Waals surface area contributed by atoms with E-state index in [0.717, 1.165) is 18.7 Å². The summed E-state index contributed by atoms with van der Waals surface area (Å²) in [7, 11) is 0. The van der Waals surface area contributed by atoms with Crippen LogP contribution in [0.2, 0.25) is 0 Å². The van der Waals surface area contributed by atoms with Crippen LogP contribution in [0.15, 0.2) is 30.3 Å². The molecule has 0 aliphatic carbocycles. The average molecular weight is 211 g/mol. The number of nitrogens with zero attached hydrogens (tertiary/aromatic N) is 1. The maximum absolute atomic E-state index is 12.2. The maximum atomic E-state index is 12.2. The topological polar surface area (TPSA) is 26.3 Å². The molecule has 2 nitrogen and oxygen atoms in total. The predicted molar refractivity (Wildman–Crippen MR) is 59.5 cm³/mol. The van der Waals surface area contributed by atoms with Crippen LogP contribution in [-0.4, -0.2) is 24.0 Å². The first-order valence-corrected chi connectivity index (χ1v) is 5.74. The minimum absolute atomic E-state index is 0. The molecule has 2 atom stereocenters. The van der Waals surface area contributed by atoms with Crippen LogP contribution in [0.25, 0.3) is 0 Å². The van der Waals surface area contributed by atoms with Crippen molar-refractivity contribution >= 4 is 0 Å². The van der Waals surface area contributed by atoms with Gasteiger partial charge in [0.15, 0.2) is 0 Å². The van der Waals surface area contributed by atoms with E-state index in [-0.39, 0.29) is 24.9 Å². The zero-order valence-corrected chi connectivity index (χ0v) is 10.2. The Morgan fingerprint density at radius 2 is 1.69 bits per heavy atom. The zero-order chi connectivity index (χ0) is 10.7. The van der Waals surface area contributed by atoms with Crippen molar-refractivity contribution in [3.8, 4) is 0 Å². The molecule has 0 bridgehead atoms. The van der Waals surface area contributed by atoms with Gasteiger partial charge in [0.25, 0.3) is 0 Å². The summed E-state index contributed by atoms with van der Waals surface area (Å²) < 4.78 is 0. The molecule has 3 heteroatoms. The van der Waals surface area contributed by atoms with Gasteiger partial charge in [-0.25, -0.2) is 0 Å². The molecule has 1 saturated heterocycles. The van der Waals surface area contributed by atoms with E-state index in [0.29, 0.717) is 0 Å². The summed E-state index contributed by atoms with van der Waals surface area (Å²) in [5.41, 5.74) is 0.914. The van der Waals surface area contributed by atoms with E-state index in [4.69, 9.17) is 0 Å². The van der Waals surface area contributed by atoms with E-state index in [9.17, 15) is 5.11 Å². The summed E-state index contributed by atoms with van der Waals surface area (Å²) in [6.45, 7) is 4.23. The van der Waals surface area contributed by atoms with Gasteiger partial charge in [0.05, 0.1) is 0 Å². The summed E-state index contributed by atoms with van der Waals surface area (Å²) in [4.78, 5) is 2.31. The molecular weight excluding hydrogens is 193 g/mol. The van der Waals surface area contributed by atoms with Gasteiger partial charge < -0.3 is 10.0 Å². The van der Waals surface area contributed by atoms with Crippen molar-refractivity contribution in [3.63, 3.8) is 0 Å². The molecule has 2 rings (SSSR count). The van der Waals surface area contributed by atoms with E-state index in [1.165, 1.54) is 12.8 Å². The van der Waals surface area contributed by atoms with Crippen LogP contribution in [0.4, 0.5) is 0 Å². The summed E-state index contributed by atoms with van der Waals surface area (Å²) in [5, 5.41) is 12.2. The Balaban J connectivity index is 0.00000128. The summed E-state index contributed by atoms with van der Waals surface area (Å²) in [5.74, 6) is 0. The van der Waals surface area contributed by atoms with Crippen molar-refractivity contribution in [2.75, 3.05) is 13.1 Å². The van der Waals surface area contributed by atoms with Gasteiger partial charge in [-0.1, -0.05) is 48.9 Å². The fourth-order valence-corrected chi connectivity index (χ4v) is 2.26. The van der Waals surface area contributed by atoms with Crippen LogP contribution in [0, 0.1) is 0 Å². The average Bonchev–Trinajstić information content (AvgIpc) is 2.82. The second-order valence-electron chi connectivity index (χ2n) is 4.31. The van der Waals surface area contributed by atoms with Crippen LogP contribution in [0.1, 0.15) is 31.4 Å². The van der Waals surface area contributed by atoms with Crippen molar-refractivity contribution in [2.45, 2.75) is 31.9 Å². The van der Waals surface area contributed by atoms with Crippen LogP contribution in [0.5, 0.6) is 0 Å². The molecule has 1 aromatic rings. The zero-order valence-electron chi connectivity index (χ0n) is 10.2. The third-order valence-electron chi connectivity index (χ3n) is 3.28. The van der Waals surface area contributed by atoms with Crippen LogP contribution in [-0.2, 0) is 0 Å². The molecular formula is C13H18LiNO. The fraction of sp³-hybridized carbons (Fsp3) is 0.538. The first-order valence-electron chi connectivity index (χ1n) is 5.74. The molecule has 1 aromatic carbocycles. The summed E-state index contributed by atoms with van der Waals surface area (Å²) in [6, 6.07) is 9.83. The molecule has 0 amide bonds. The molecule has 0 aromatic heterocycles. The van der Waals surface area contributed by atoms with Crippen molar-refractivity contribution in [1.82, 2.24) is 4.90 Å². The Labute approximate surface area is 110 Å². The molecule has 0 radical (unpaired) electrons. The molecule has 82 valence electrons. The van der Waals surface area contributed by atoms with Crippen molar-refractivity contribution in [1.29, 1.82) is 0 Å². The van der Waals surface area contributed by atoms with E-state index < -0.39 is 6.10 Å². The minimum Gasteiger partial charge on any atom is -0.847 e. The first-order chi connectivity index (χ1) is 7.29. The minimum atomic E-state index is -0.607. The molecule has 1 aliphatic rings. The van der Waals surface area contributed by atoms with Crippen LogP contribution < -0.4 is 24.0 Å². The Kier molecular flexibility index (Phi) is 5.58. The number of likely N-dealkylation sites (tertiary alicyclic amines) is 1. The maximum Gasteiger partial charge on any atom is 1.00 e. The quantitative estimate of drug-likeness (QED) is 0.573. The fourth-order valence-electron chi connectivity index (χ4n) is 2.26. The largest absolute Gasteiger partial charge is 1.00 e. The Hall–Kier alpha value is -0.263. The molecule has 0 spiro atoms. The second kappa shape index (κ2) is 6.47. The van der Waals surface area contributed by atoms with Gasteiger partial charge in [0.2, 0.25) is 0 Å². The van der Waals surface area contributed by atoms with E-state index >= 15 is 0 Å². The molecule has 1 heterocycles. The molecule has 1 aliphatic heterocycles. The Bertz CT molecular complexity index is 298. The second-order valence-corrected chi connectivity index (χ2v) is 4.31. The van der Waals surface area contributed by atoms with Gasteiger partial charge in [-0.05, 0) is 32.0 Å². The van der Waals surface area contributed by atoms with Crippen molar-refractivity contribution in [3.05, 3.63) is 35.9 Å². The van der Waals surface area contributed by atoms with Gasteiger partial charge in [0.1, 0.15) is 0 Å². The van der Waals surface area contributed by atoms with E-state index in [2.05, 4.69) is 11.8 Å². The molecule has 0 unspecified atom stereocenters. The van der Waals surface area contributed by atoms with Gasteiger partial charge in [-0.15, -0.1) is 0 Å². The van der Waals surface area contributed by atoms with Gasteiger partial charge >= 0.3 is 18.9 Å². The molecule has 0 saturated carbocycles. The summed E-state index contributed by atoms with van der Waals surface area (Å²) in [6.07, 6.45) is 1.88. The third-order valence-corrected chi connectivity index (χ3v) is 3.28. The van der Waals surface area contributed by atoms with Gasteiger partial charge in [-0.3, -0.25) is 0 Å². The first kappa shape index (κ1) is 13.8. The van der Waals surface area contributed by atoms with E-state index in [1.807, 2.05) is 30.3 Å².